The number of fused-ring (bicyclic) bond motifs is 3. The van der Waals surface area contributed by atoms with E-state index < -0.39 is 16.0 Å². The normalized spacial score (nSPS) is 18.5. The average Bonchev–Trinajstić information content (AvgIpc) is 3.48. The number of hydrogen-bond donors (Lipinski definition) is 0. The van der Waals surface area contributed by atoms with Crippen LogP contribution in [0.5, 0.6) is 0 Å². The van der Waals surface area contributed by atoms with Crippen molar-refractivity contribution in [1.29, 1.82) is 5.26 Å². The molecule has 0 radical (unpaired) electrons. The molecule has 1 saturated carbocycles. The lowest BCUT2D eigenvalue weighted by Crippen LogP contribution is -2.22. The zero-order valence-electron chi connectivity index (χ0n) is 19.3. The summed E-state index contributed by atoms with van der Waals surface area (Å²) in [5.41, 5.74) is 1.45. The van der Waals surface area contributed by atoms with Crippen molar-refractivity contribution < 1.29 is 17.9 Å². The summed E-state index contributed by atoms with van der Waals surface area (Å²) in [7, 11) is -3.86. The van der Waals surface area contributed by atoms with E-state index >= 15 is 0 Å². The number of rotatable bonds is 6. The highest BCUT2D eigenvalue weighted by Gasteiger charge is 2.30. The summed E-state index contributed by atoms with van der Waals surface area (Å²) in [5, 5.41) is 9.67. The summed E-state index contributed by atoms with van der Waals surface area (Å²) in [4.78, 5) is 22.0. The fourth-order valence-electron chi connectivity index (χ4n) is 4.98. The second-order valence-electron chi connectivity index (χ2n) is 8.72. The molecule has 35 heavy (non-hydrogen) atoms. The molecule has 0 saturated heterocycles. The Bertz CT molecular complexity index is 1540. The summed E-state index contributed by atoms with van der Waals surface area (Å²) in [6, 6.07) is 12.1. The second kappa shape index (κ2) is 9.15. The molecule has 5 rings (SSSR count). The summed E-state index contributed by atoms with van der Waals surface area (Å²) in [5.74, 6) is 0.0155. The van der Waals surface area contributed by atoms with Gasteiger partial charge in [0, 0.05) is 24.0 Å². The van der Waals surface area contributed by atoms with Gasteiger partial charge in [-0.3, -0.25) is 0 Å². The van der Waals surface area contributed by atoms with Crippen molar-refractivity contribution >= 4 is 38.1 Å². The van der Waals surface area contributed by atoms with Crippen molar-refractivity contribution in [3.63, 3.8) is 0 Å². The number of imidazole rings is 1. The van der Waals surface area contributed by atoms with E-state index in [4.69, 9.17) is 10.00 Å². The smallest absolute Gasteiger partial charge is 0.374 e. The Labute approximate surface area is 203 Å². The molecule has 10 heteroatoms. The van der Waals surface area contributed by atoms with Gasteiger partial charge in [-0.05, 0) is 56.7 Å². The zero-order valence-corrected chi connectivity index (χ0v) is 20.1. The lowest BCUT2D eigenvalue weighted by molar-refractivity contribution is 0.0502. The van der Waals surface area contributed by atoms with E-state index in [2.05, 4.69) is 16.0 Å². The van der Waals surface area contributed by atoms with Crippen LogP contribution in [0.2, 0.25) is 0 Å². The molecular weight excluding hydrogens is 466 g/mol. The third-order valence-electron chi connectivity index (χ3n) is 6.65. The van der Waals surface area contributed by atoms with E-state index in [0.717, 1.165) is 25.7 Å². The van der Waals surface area contributed by atoms with Crippen molar-refractivity contribution in [3.05, 3.63) is 54.6 Å². The minimum atomic E-state index is -3.86. The number of aromatic nitrogens is 4. The van der Waals surface area contributed by atoms with Gasteiger partial charge in [0.05, 0.1) is 29.3 Å². The highest BCUT2D eigenvalue weighted by atomic mass is 32.2. The maximum absolute atomic E-state index is 13.3. The largest absolute Gasteiger partial charge is 0.460 e. The van der Waals surface area contributed by atoms with Crippen molar-refractivity contribution in [2.24, 2.45) is 5.92 Å². The van der Waals surface area contributed by atoms with E-state index in [-0.39, 0.29) is 29.0 Å². The number of ether oxygens (including phenoxy) is 1. The van der Waals surface area contributed by atoms with Crippen LogP contribution in [-0.4, -0.2) is 39.5 Å². The molecule has 9 nitrogen and oxygen atoms in total. The van der Waals surface area contributed by atoms with E-state index in [1.165, 1.54) is 16.4 Å². The Balaban J connectivity index is 1.68. The molecule has 3 aromatic heterocycles. The number of nitriles is 1. The van der Waals surface area contributed by atoms with Crippen LogP contribution in [0.1, 0.15) is 55.7 Å². The summed E-state index contributed by atoms with van der Waals surface area (Å²) >= 11 is 0. The molecule has 4 aromatic rings. The van der Waals surface area contributed by atoms with E-state index in [1.807, 2.05) is 4.57 Å². The number of benzene rings is 1. The second-order valence-corrected chi connectivity index (χ2v) is 10.5. The van der Waals surface area contributed by atoms with Crippen molar-refractivity contribution in [3.8, 4) is 6.07 Å². The third kappa shape index (κ3) is 3.96. The topological polar surface area (TPSA) is 120 Å². The fourth-order valence-corrected chi connectivity index (χ4v) is 6.30. The molecule has 3 heterocycles. The van der Waals surface area contributed by atoms with Gasteiger partial charge in [-0.2, -0.15) is 5.26 Å². The first-order chi connectivity index (χ1) is 17.0. The molecule has 1 aliphatic carbocycles. The van der Waals surface area contributed by atoms with Crippen LogP contribution >= 0.6 is 0 Å². The first-order valence-corrected chi connectivity index (χ1v) is 13.1. The van der Waals surface area contributed by atoms with Crippen LogP contribution in [0.15, 0.2) is 53.7 Å². The highest BCUT2D eigenvalue weighted by Crippen LogP contribution is 2.38. The molecule has 0 atom stereocenters. The quantitative estimate of drug-likeness (QED) is 0.366. The van der Waals surface area contributed by atoms with Gasteiger partial charge in [0.2, 0.25) is 5.82 Å². The van der Waals surface area contributed by atoms with Crippen LogP contribution in [0.25, 0.3) is 22.1 Å². The highest BCUT2D eigenvalue weighted by molar-refractivity contribution is 7.90. The number of carbonyl (C=O) groups is 1. The maximum Gasteiger partial charge on any atom is 0.374 e. The van der Waals surface area contributed by atoms with Crippen LogP contribution in [0.3, 0.4) is 0 Å². The van der Waals surface area contributed by atoms with Gasteiger partial charge < -0.3 is 9.30 Å². The lowest BCUT2D eigenvalue weighted by Gasteiger charge is -2.29. The van der Waals surface area contributed by atoms with Gasteiger partial charge in [-0.1, -0.05) is 18.2 Å². The summed E-state index contributed by atoms with van der Waals surface area (Å²) in [6.07, 6.45) is 6.85. The van der Waals surface area contributed by atoms with Gasteiger partial charge in [0.25, 0.3) is 10.0 Å². The molecule has 180 valence electrons. The van der Waals surface area contributed by atoms with Crippen LogP contribution in [0.4, 0.5) is 0 Å². The number of pyridine rings is 1. The molecule has 0 spiro atoms. The first kappa shape index (κ1) is 23.1. The summed E-state index contributed by atoms with van der Waals surface area (Å²) in [6.45, 7) is 1.96. The maximum atomic E-state index is 13.3. The monoisotopic (exact) mass is 491 g/mol. The standard InChI is InChI=1S/C25H25N5O4S/c1-2-34-25(31)24-28-21-16-27-23-20(13-15-29(23)35(32,33)19-6-4-3-5-7-19)22(21)30(24)18-10-8-17(9-11-18)12-14-26/h3-7,13,15-18H,2,8-12H2,1H3. The molecule has 1 fully saturated rings. The van der Waals surface area contributed by atoms with Gasteiger partial charge in [-0.25, -0.2) is 27.2 Å². The van der Waals surface area contributed by atoms with Gasteiger partial charge in [0.1, 0.15) is 5.52 Å². The van der Waals surface area contributed by atoms with Gasteiger partial charge in [0.15, 0.2) is 5.65 Å². The Morgan fingerprint density at radius 1 is 1.17 bits per heavy atom. The lowest BCUT2D eigenvalue weighted by atomic mass is 9.84. The molecule has 1 aliphatic rings. The third-order valence-corrected chi connectivity index (χ3v) is 8.33. The fraction of sp³-hybridized carbons (Fsp3) is 0.360. The van der Waals surface area contributed by atoms with Crippen LogP contribution in [-0.2, 0) is 14.8 Å². The Kier molecular flexibility index (Phi) is 6.03. The molecular formula is C25H25N5O4S. The minimum absolute atomic E-state index is 0.0194. The predicted molar refractivity (Wildman–Crippen MR) is 129 cm³/mol. The van der Waals surface area contributed by atoms with E-state index in [9.17, 15) is 13.2 Å². The predicted octanol–water partition coefficient (Wildman–Crippen LogP) is 4.44. The number of nitrogens with zero attached hydrogens (tertiary/aromatic N) is 5. The number of esters is 1. The molecule has 1 aromatic carbocycles. The van der Waals surface area contributed by atoms with Crippen LogP contribution in [0, 0.1) is 17.2 Å². The molecule has 0 aliphatic heterocycles. The van der Waals surface area contributed by atoms with Crippen LogP contribution < -0.4 is 0 Å². The first-order valence-electron chi connectivity index (χ1n) is 11.7. The van der Waals surface area contributed by atoms with Crippen molar-refractivity contribution in [2.75, 3.05) is 6.61 Å². The minimum Gasteiger partial charge on any atom is -0.460 e. The Morgan fingerprint density at radius 2 is 1.91 bits per heavy atom. The molecule has 0 unspecified atom stereocenters. The zero-order chi connectivity index (χ0) is 24.6. The average molecular weight is 492 g/mol. The Hall–Kier alpha value is -3.71. The van der Waals surface area contributed by atoms with Gasteiger partial charge in [-0.15, -0.1) is 0 Å². The van der Waals surface area contributed by atoms with Crippen molar-refractivity contribution in [1.82, 2.24) is 18.5 Å². The van der Waals surface area contributed by atoms with E-state index in [0.29, 0.717) is 28.8 Å². The van der Waals surface area contributed by atoms with Crippen molar-refractivity contribution in [2.45, 2.75) is 50.0 Å². The molecule has 0 amide bonds. The Morgan fingerprint density at radius 3 is 2.60 bits per heavy atom. The molecule has 0 N–H and O–H groups in total. The molecule has 0 bridgehead atoms. The van der Waals surface area contributed by atoms with E-state index in [1.54, 1.807) is 43.3 Å². The van der Waals surface area contributed by atoms with Gasteiger partial charge >= 0.3 is 5.97 Å². The number of carbonyl (C=O) groups excluding carboxylic acids is 1. The number of hydrogen-bond acceptors (Lipinski definition) is 7. The summed E-state index contributed by atoms with van der Waals surface area (Å²) < 4.78 is 35.0. The SMILES string of the molecule is CCOC(=O)c1nc2cnc3c(ccn3S(=O)(=O)c3ccccc3)c2n1C1CCC(CC#N)CC1.